The second kappa shape index (κ2) is 29.5. The number of esters is 4. The minimum Gasteiger partial charge on any atom is -0.756 e. The smallest absolute Gasteiger partial charge is 0.306 e. The minimum atomic E-state index is -4.85. The number of allylic oxidation sites excluding steroid dienone is 6. The van der Waals surface area contributed by atoms with Gasteiger partial charge in [-0.2, -0.15) is 0 Å². The maximum absolute atomic E-state index is 13.4. The molecule has 0 N–H and O–H groups in total. The standard InChI is InChI=1S/C74H120NO12P/c1-16-52(48(3)4)20-18-50(7)61-26-28-63-59-24-22-54-44-56(34-38-71(54,9)65(59)36-40-73(61,63)11)85-68(77)31-30-67(76)82-46-58(47-84-88(80,81)83-43-42-75(13,14)15)87-70(79)33-32-69(78)86-57-35-39-72(10)55(45-57)23-25-60-64-29-27-62(74(64,12)41-37-66(60)72)51(8)19-21-53(17-2)49(5)6/h18-23,48-53,56-66H,16-17,24-47H2,1-15H3/b20-18+,21-19+/t50-,51-,52-,53-,56+,57+,58?,59+,60+,61-,62-,63+,64+,65+,66+,71+,72+,73-,74-/m1/s1. The molecule has 14 heteroatoms. The predicted molar refractivity (Wildman–Crippen MR) is 346 cm³/mol. The largest absolute Gasteiger partial charge is 0.756 e. The van der Waals surface area contributed by atoms with Crippen LogP contribution in [-0.4, -0.2) is 94.2 Å². The zero-order valence-electron chi connectivity index (χ0n) is 57.5. The van der Waals surface area contributed by atoms with Gasteiger partial charge in [0.15, 0.2) is 6.10 Å². The van der Waals surface area contributed by atoms with Gasteiger partial charge in [0.25, 0.3) is 7.82 Å². The molecule has 0 aromatic rings. The SMILES string of the molecule is CC[C@H](/C=C/[C@@H](C)[C@H]1CC[C@H]2[C@@H]3CC=C4C[C@@H](OC(=O)CCC(=O)OCC(COP(=O)([O-])OCC[N+](C)(C)C)OC(=O)CCC(=O)O[C@H]5CC[C@@]6(C)C(=CC[C@H]7[C@@H]8CC[C@H]([C@H](C)/C=C/[C@@H](CC)C(C)C)[C@@]8(C)CC[C@@H]76)C5)CC[C@]4(C)[C@H]3CC[C@]12C)C(C)C. The molecule has 0 aromatic heterocycles. The van der Waals surface area contributed by atoms with E-state index in [-0.39, 0.29) is 55.3 Å². The molecule has 0 aliphatic heterocycles. The van der Waals surface area contributed by atoms with Crippen molar-refractivity contribution in [3.05, 3.63) is 47.6 Å². The number of hydrogen-bond donors (Lipinski definition) is 0. The summed E-state index contributed by atoms with van der Waals surface area (Å²) in [5, 5.41) is 0. The number of hydrogen-bond acceptors (Lipinski definition) is 12. The van der Waals surface area contributed by atoms with Crippen LogP contribution < -0.4 is 4.89 Å². The Bertz CT molecular complexity index is 2580. The third-order valence-corrected chi connectivity index (χ3v) is 26.3. The first-order valence-electron chi connectivity index (χ1n) is 35.3. The van der Waals surface area contributed by atoms with Crippen LogP contribution in [0.1, 0.15) is 224 Å². The van der Waals surface area contributed by atoms with Gasteiger partial charge < -0.3 is 37.4 Å². The van der Waals surface area contributed by atoms with Gasteiger partial charge in [-0.15, -0.1) is 0 Å². The maximum atomic E-state index is 13.4. The Labute approximate surface area is 532 Å². The molecule has 0 radical (unpaired) electrons. The van der Waals surface area contributed by atoms with Crippen molar-refractivity contribution < 1.29 is 61.1 Å². The summed E-state index contributed by atoms with van der Waals surface area (Å²) in [5.41, 5.74) is 3.71. The van der Waals surface area contributed by atoms with Crippen molar-refractivity contribution >= 4 is 31.7 Å². The highest BCUT2D eigenvalue weighted by Gasteiger charge is 2.61. The highest BCUT2D eigenvalue weighted by Crippen LogP contribution is 2.69. The van der Waals surface area contributed by atoms with Crippen LogP contribution in [0.4, 0.5) is 0 Å². The maximum Gasteiger partial charge on any atom is 0.306 e. The van der Waals surface area contributed by atoms with E-state index >= 15 is 0 Å². The van der Waals surface area contributed by atoms with Crippen LogP contribution in [0.3, 0.4) is 0 Å². The van der Waals surface area contributed by atoms with Crippen molar-refractivity contribution in [2.45, 2.75) is 243 Å². The molecule has 8 rings (SSSR count). The summed E-state index contributed by atoms with van der Waals surface area (Å²) in [4.78, 5) is 66.1. The van der Waals surface area contributed by atoms with Gasteiger partial charge in [0.1, 0.15) is 32.0 Å². The molecule has 0 aromatic carbocycles. The second-order valence-corrected chi connectivity index (χ2v) is 33.6. The lowest BCUT2D eigenvalue weighted by Crippen LogP contribution is -2.51. The van der Waals surface area contributed by atoms with Crippen LogP contribution in [-0.2, 0) is 51.7 Å². The topological polar surface area (TPSA) is 164 Å². The van der Waals surface area contributed by atoms with Gasteiger partial charge in [-0.25, -0.2) is 0 Å². The quantitative estimate of drug-likeness (QED) is 0.0240. The number of fused-ring (bicyclic) bond motifs is 10. The summed E-state index contributed by atoms with van der Waals surface area (Å²) in [5.74, 6) is 6.70. The first-order valence-corrected chi connectivity index (χ1v) is 36.8. The van der Waals surface area contributed by atoms with Crippen LogP contribution in [0.5, 0.6) is 0 Å². The van der Waals surface area contributed by atoms with Crippen LogP contribution in [0.25, 0.3) is 0 Å². The molecular formula is C74H120NO12P. The van der Waals surface area contributed by atoms with E-state index < -0.39 is 51.0 Å². The molecule has 6 saturated carbocycles. The van der Waals surface area contributed by atoms with Gasteiger partial charge in [0.2, 0.25) is 0 Å². The normalized spacial score (nSPS) is 36.1. The number of phosphoric acid groups is 1. The Morgan fingerprint density at radius 3 is 1.45 bits per heavy atom. The molecule has 8 aliphatic carbocycles. The number of ether oxygens (including phenoxy) is 4. The molecule has 0 spiro atoms. The highest BCUT2D eigenvalue weighted by molar-refractivity contribution is 7.45. The minimum absolute atomic E-state index is 0.0815. The third-order valence-electron chi connectivity index (χ3n) is 25.3. The summed E-state index contributed by atoms with van der Waals surface area (Å²) < 4.78 is 46.7. The first kappa shape index (κ1) is 70.8. The zero-order valence-corrected chi connectivity index (χ0v) is 58.4. The van der Waals surface area contributed by atoms with Gasteiger partial charge in [-0.3, -0.25) is 23.7 Å². The molecule has 0 bridgehead atoms. The van der Waals surface area contributed by atoms with E-state index in [0.29, 0.717) is 106 Å². The number of quaternary nitrogens is 1. The van der Waals surface area contributed by atoms with Crippen LogP contribution in [0.2, 0.25) is 0 Å². The van der Waals surface area contributed by atoms with Gasteiger partial charge in [0.05, 0.1) is 53.4 Å². The van der Waals surface area contributed by atoms with Gasteiger partial charge >= 0.3 is 23.9 Å². The molecule has 0 saturated heterocycles. The number of phosphoric ester groups is 1. The summed E-state index contributed by atoms with van der Waals surface area (Å²) >= 11 is 0. The lowest BCUT2D eigenvalue weighted by molar-refractivity contribution is -0.870. The summed E-state index contributed by atoms with van der Waals surface area (Å²) in [6, 6.07) is 0. The first-order chi connectivity index (χ1) is 41.4. The Hall–Kier alpha value is -3.09. The Morgan fingerprint density at radius 2 is 1.02 bits per heavy atom. The van der Waals surface area contributed by atoms with Crippen LogP contribution in [0, 0.1) is 105 Å². The van der Waals surface area contributed by atoms with Crippen LogP contribution in [0.15, 0.2) is 47.6 Å². The summed E-state index contributed by atoms with van der Waals surface area (Å²) in [6.45, 7) is 28.0. The Balaban J connectivity index is 0.788. The van der Waals surface area contributed by atoms with E-state index in [2.05, 4.69) is 120 Å². The van der Waals surface area contributed by atoms with E-state index in [1.54, 1.807) is 0 Å². The molecule has 20 atom stereocenters. The molecule has 8 aliphatic rings. The van der Waals surface area contributed by atoms with E-state index in [9.17, 15) is 28.6 Å². The zero-order chi connectivity index (χ0) is 64.1. The van der Waals surface area contributed by atoms with Gasteiger partial charge in [-0.1, -0.05) is 131 Å². The molecule has 0 amide bonds. The molecule has 0 heterocycles. The fourth-order valence-corrected chi connectivity index (χ4v) is 20.7. The third kappa shape index (κ3) is 16.4. The molecular weight excluding hydrogens is 1130 g/mol. The average molecular weight is 1250 g/mol. The van der Waals surface area contributed by atoms with Crippen molar-refractivity contribution in [3.63, 3.8) is 0 Å². The fraction of sp³-hybridized carbons (Fsp3) is 0.838. The molecule has 2 unspecified atom stereocenters. The number of carbonyl (C=O) groups is 4. The van der Waals surface area contributed by atoms with Crippen molar-refractivity contribution in [1.82, 2.24) is 0 Å². The van der Waals surface area contributed by atoms with Crippen molar-refractivity contribution in [2.75, 3.05) is 47.5 Å². The van der Waals surface area contributed by atoms with Crippen LogP contribution >= 0.6 is 7.82 Å². The Kier molecular flexibility index (Phi) is 23.7. The molecule has 88 heavy (non-hydrogen) atoms. The van der Waals surface area contributed by atoms with E-state index in [0.717, 1.165) is 50.4 Å². The lowest BCUT2D eigenvalue weighted by Gasteiger charge is -2.58. The van der Waals surface area contributed by atoms with E-state index in [4.69, 9.17) is 28.0 Å². The monoisotopic (exact) mass is 1250 g/mol. The predicted octanol–water partition coefficient (Wildman–Crippen LogP) is 15.9. The van der Waals surface area contributed by atoms with E-state index in [1.165, 1.54) is 75.4 Å². The molecule has 498 valence electrons. The lowest BCUT2D eigenvalue weighted by atomic mass is 9.47. The highest BCUT2D eigenvalue weighted by atomic mass is 31.2. The summed E-state index contributed by atoms with van der Waals surface area (Å²) in [6.07, 6.45) is 31.8. The fourth-order valence-electron chi connectivity index (χ4n) is 20.0. The number of carbonyl (C=O) groups excluding carboxylic acids is 4. The number of nitrogens with zero attached hydrogens (tertiary/aromatic N) is 1. The number of likely N-dealkylation sites (N-methyl/N-ethyl adjacent to an activating group) is 1. The average Bonchev–Trinajstić information content (AvgIpc) is 1.33. The van der Waals surface area contributed by atoms with Crippen molar-refractivity contribution in [2.24, 2.45) is 105 Å². The number of rotatable bonds is 28. The van der Waals surface area contributed by atoms with E-state index in [1.807, 2.05) is 21.1 Å². The van der Waals surface area contributed by atoms with Crippen molar-refractivity contribution in [3.8, 4) is 0 Å². The van der Waals surface area contributed by atoms with Gasteiger partial charge in [0, 0.05) is 12.8 Å². The molecule has 6 fully saturated rings. The van der Waals surface area contributed by atoms with Crippen molar-refractivity contribution in [1.29, 1.82) is 0 Å². The molecule has 13 nitrogen and oxygen atoms in total. The Morgan fingerprint density at radius 1 is 0.580 bits per heavy atom. The second-order valence-electron chi connectivity index (χ2n) is 32.2. The summed E-state index contributed by atoms with van der Waals surface area (Å²) in [7, 11) is 0.840. The van der Waals surface area contributed by atoms with Gasteiger partial charge in [-0.05, 0) is 207 Å².